The summed E-state index contributed by atoms with van der Waals surface area (Å²) in [5, 5.41) is 10.5. The first-order chi connectivity index (χ1) is 9.38. The Bertz CT molecular complexity index is 635. The minimum Gasteiger partial charge on any atom is -0.388 e. The van der Waals surface area contributed by atoms with Gasteiger partial charge >= 0.3 is 0 Å². The fourth-order valence-electron chi connectivity index (χ4n) is 2.26. The van der Waals surface area contributed by atoms with Crippen LogP contribution in [0.5, 0.6) is 0 Å². The first kappa shape index (κ1) is 15.7. The van der Waals surface area contributed by atoms with Gasteiger partial charge < -0.3 is 5.11 Å². The summed E-state index contributed by atoms with van der Waals surface area (Å²) in [6.45, 7) is 6.20. The molecule has 2 aromatic rings. The topological polar surface area (TPSA) is 20.2 Å². The van der Waals surface area contributed by atoms with Crippen LogP contribution in [0.25, 0.3) is 0 Å². The van der Waals surface area contributed by atoms with Crippen LogP contribution in [0.4, 0.5) is 0 Å². The van der Waals surface area contributed by atoms with Gasteiger partial charge in [0.2, 0.25) is 0 Å². The molecule has 0 aliphatic rings. The van der Waals surface area contributed by atoms with Crippen LogP contribution in [-0.2, 0) is 6.42 Å². The molecule has 0 bridgehead atoms. The lowest BCUT2D eigenvalue weighted by molar-refractivity contribution is 0.177. The molecule has 3 heteroatoms. The summed E-state index contributed by atoms with van der Waals surface area (Å²) >= 11 is 7.08. The van der Waals surface area contributed by atoms with E-state index in [2.05, 4.69) is 63.9 Å². The van der Waals surface area contributed by atoms with Gasteiger partial charge in [0.15, 0.2) is 0 Å². The molecule has 1 unspecified atom stereocenters. The molecule has 0 aliphatic carbocycles. The highest BCUT2D eigenvalue weighted by Gasteiger charge is 2.15. The third-order valence-electron chi connectivity index (χ3n) is 3.55. The van der Waals surface area contributed by atoms with Gasteiger partial charge in [-0.3, -0.25) is 0 Å². The smallest absolute Gasteiger partial charge is 0.0841 e. The van der Waals surface area contributed by atoms with Gasteiger partial charge in [-0.05, 0) is 55.2 Å². The first-order valence-corrected chi connectivity index (χ1v) is 8.17. The fraction of sp³-hybridized carbons (Fsp3) is 0.294. The van der Waals surface area contributed by atoms with Crippen LogP contribution >= 0.6 is 31.9 Å². The Morgan fingerprint density at radius 2 is 1.65 bits per heavy atom. The van der Waals surface area contributed by atoms with Crippen LogP contribution in [0, 0.1) is 20.8 Å². The molecule has 0 spiro atoms. The lowest BCUT2D eigenvalue weighted by Gasteiger charge is -2.16. The SMILES string of the molecule is Cc1ccc(C)c(CC(O)c2cc(Br)c(C)cc2Br)c1. The highest BCUT2D eigenvalue weighted by Crippen LogP contribution is 2.31. The monoisotopic (exact) mass is 396 g/mol. The minimum atomic E-state index is -0.512. The molecule has 0 aliphatic heterocycles. The molecule has 0 saturated carbocycles. The average Bonchev–Trinajstić information content (AvgIpc) is 2.38. The number of hydrogen-bond acceptors (Lipinski definition) is 1. The molecule has 106 valence electrons. The van der Waals surface area contributed by atoms with Crippen LogP contribution in [0.1, 0.15) is 33.9 Å². The molecule has 0 aromatic heterocycles. The van der Waals surface area contributed by atoms with Gasteiger partial charge in [0.25, 0.3) is 0 Å². The zero-order valence-corrected chi connectivity index (χ0v) is 15.0. The Morgan fingerprint density at radius 1 is 0.950 bits per heavy atom. The zero-order chi connectivity index (χ0) is 14.9. The van der Waals surface area contributed by atoms with E-state index in [0.29, 0.717) is 6.42 Å². The van der Waals surface area contributed by atoms with Crippen molar-refractivity contribution < 1.29 is 5.11 Å². The lowest BCUT2D eigenvalue weighted by Crippen LogP contribution is -2.05. The lowest BCUT2D eigenvalue weighted by atomic mass is 9.96. The molecule has 0 heterocycles. The molecule has 2 rings (SSSR count). The second kappa shape index (κ2) is 6.42. The normalized spacial score (nSPS) is 12.5. The average molecular weight is 398 g/mol. The summed E-state index contributed by atoms with van der Waals surface area (Å²) in [7, 11) is 0. The molecule has 20 heavy (non-hydrogen) atoms. The Balaban J connectivity index is 2.30. The van der Waals surface area contributed by atoms with E-state index in [-0.39, 0.29) is 0 Å². The molecule has 0 radical (unpaired) electrons. The van der Waals surface area contributed by atoms with Gasteiger partial charge in [-0.1, -0.05) is 55.6 Å². The van der Waals surface area contributed by atoms with Crippen molar-refractivity contribution in [3.8, 4) is 0 Å². The number of aliphatic hydroxyl groups excluding tert-OH is 1. The zero-order valence-electron chi connectivity index (χ0n) is 11.9. The highest BCUT2D eigenvalue weighted by atomic mass is 79.9. The number of hydrogen-bond donors (Lipinski definition) is 1. The molecule has 0 fully saturated rings. The van der Waals surface area contributed by atoms with Crippen molar-refractivity contribution in [2.45, 2.75) is 33.3 Å². The largest absolute Gasteiger partial charge is 0.388 e. The molecule has 1 nitrogen and oxygen atoms in total. The van der Waals surface area contributed by atoms with Gasteiger partial charge in [-0.25, -0.2) is 0 Å². The molecular weight excluding hydrogens is 380 g/mol. The van der Waals surface area contributed by atoms with E-state index in [0.717, 1.165) is 20.1 Å². The first-order valence-electron chi connectivity index (χ1n) is 6.58. The van der Waals surface area contributed by atoms with Gasteiger partial charge in [0, 0.05) is 15.4 Å². The summed E-state index contributed by atoms with van der Waals surface area (Å²) in [4.78, 5) is 0. The van der Waals surface area contributed by atoms with Crippen molar-refractivity contribution in [1.29, 1.82) is 0 Å². The minimum absolute atomic E-state index is 0.512. The van der Waals surface area contributed by atoms with Crippen LogP contribution in [0.2, 0.25) is 0 Å². The summed E-state index contributed by atoms with van der Waals surface area (Å²) < 4.78 is 1.98. The second-order valence-corrected chi connectivity index (χ2v) is 6.98. The Hall–Kier alpha value is -0.640. The van der Waals surface area contributed by atoms with Crippen LogP contribution in [-0.4, -0.2) is 5.11 Å². The third-order valence-corrected chi connectivity index (χ3v) is 5.10. The van der Waals surface area contributed by atoms with E-state index in [1.54, 1.807) is 0 Å². The van der Waals surface area contributed by atoms with Crippen molar-refractivity contribution in [3.63, 3.8) is 0 Å². The Kier molecular flexibility index (Phi) is 5.05. The van der Waals surface area contributed by atoms with Crippen molar-refractivity contribution in [3.05, 3.63) is 67.1 Å². The predicted octanol–water partition coefficient (Wildman–Crippen LogP) is 5.41. The third kappa shape index (κ3) is 3.51. The summed E-state index contributed by atoms with van der Waals surface area (Å²) in [6, 6.07) is 10.4. The summed E-state index contributed by atoms with van der Waals surface area (Å²) in [6.07, 6.45) is 0.114. The van der Waals surface area contributed by atoms with Crippen molar-refractivity contribution in [2.75, 3.05) is 0 Å². The van der Waals surface area contributed by atoms with E-state index < -0.39 is 6.10 Å². The van der Waals surface area contributed by atoms with E-state index in [1.807, 2.05) is 19.1 Å². The van der Waals surface area contributed by atoms with Crippen LogP contribution < -0.4 is 0 Å². The van der Waals surface area contributed by atoms with Crippen LogP contribution in [0.3, 0.4) is 0 Å². The summed E-state index contributed by atoms with van der Waals surface area (Å²) in [5.41, 5.74) is 5.71. The maximum Gasteiger partial charge on any atom is 0.0841 e. The second-order valence-electron chi connectivity index (χ2n) is 5.27. The Labute approximate surface area is 137 Å². The number of halogens is 2. The highest BCUT2D eigenvalue weighted by molar-refractivity contribution is 9.11. The van der Waals surface area contributed by atoms with Crippen molar-refractivity contribution >= 4 is 31.9 Å². The number of aliphatic hydroxyl groups is 1. The Morgan fingerprint density at radius 3 is 2.35 bits per heavy atom. The van der Waals surface area contributed by atoms with Crippen LogP contribution in [0.15, 0.2) is 39.3 Å². The molecule has 0 amide bonds. The number of benzene rings is 2. The molecule has 1 atom stereocenters. The molecule has 1 N–H and O–H groups in total. The number of rotatable bonds is 3. The predicted molar refractivity (Wildman–Crippen MR) is 91.2 cm³/mol. The quantitative estimate of drug-likeness (QED) is 0.733. The van der Waals surface area contributed by atoms with Crippen molar-refractivity contribution in [1.82, 2.24) is 0 Å². The van der Waals surface area contributed by atoms with E-state index >= 15 is 0 Å². The standard InChI is InChI=1S/C17H18Br2O/c1-10-4-5-11(2)13(6-10)8-17(20)14-9-15(18)12(3)7-16(14)19/h4-7,9,17,20H,8H2,1-3H3. The van der Waals surface area contributed by atoms with Gasteiger partial charge in [0.05, 0.1) is 6.10 Å². The van der Waals surface area contributed by atoms with Crippen molar-refractivity contribution in [2.24, 2.45) is 0 Å². The molecular formula is C17H18Br2O. The summed E-state index contributed by atoms with van der Waals surface area (Å²) in [5.74, 6) is 0. The van der Waals surface area contributed by atoms with Gasteiger partial charge in [-0.2, -0.15) is 0 Å². The maximum absolute atomic E-state index is 10.5. The molecule has 2 aromatic carbocycles. The fourth-order valence-corrected chi connectivity index (χ4v) is 3.34. The maximum atomic E-state index is 10.5. The van der Waals surface area contributed by atoms with E-state index in [4.69, 9.17) is 0 Å². The number of aryl methyl sites for hydroxylation is 3. The van der Waals surface area contributed by atoms with Gasteiger partial charge in [0.1, 0.15) is 0 Å². The molecule has 0 saturated heterocycles. The van der Waals surface area contributed by atoms with Gasteiger partial charge in [-0.15, -0.1) is 0 Å². The van der Waals surface area contributed by atoms with E-state index in [9.17, 15) is 5.11 Å². The van der Waals surface area contributed by atoms with E-state index in [1.165, 1.54) is 16.7 Å².